The molecule has 0 radical (unpaired) electrons. The molecule has 3 nitrogen and oxygen atoms in total. The van der Waals surface area contributed by atoms with E-state index < -0.39 is 0 Å². The molecule has 0 heterocycles. The van der Waals surface area contributed by atoms with Gasteiger partial charge in [0, 0.05) is 6.61 Å². The molecule has 0 bridgehead atoms. The van der Waals surface area contributed by atoms with Gasteiger partial charge in [0.2, 0.25) is 0 Å². The molecular formula is C9H16O3. The molecule has 0 aromatic rings. The summed E-state index contributed by atoms with van der Waals surface area (Å²) in [6.45, 7) is 5.81. The summed E-state index contributed by atoms with van der Waals surface area (Å²) < 4.78 is 15.3. The molecule has 1 atom stereocenters. The highest BCUT2D eigenvalue weighted by atomic mass is 16.7. The first-order valence-electron chi connectivity index (χ1n) is 4.05. The molecular weight excluding hydrogens is 156 g/mol. The zero-order chi connectivity index (χ0) is 9.23. The van der Waals surface area contributed by atoms with Crippen molar-refractivity contribution in [2.24, 2.45) is 0 Å². The van der Waals surface area contributed by atoms with Crippen molar-refractivity contribution in [3.63, 3.8) is 0 Å². The molecule has 0 rings (SSSR count). The first-order valence-corrected chi connectivity index (χ1v) is 4.05. The lowest BCUT2D eigenvalue weighted by Crippen LogP contribution is -2.16. The Morgan fingerprint density at radius 2 is 2.08 bits per heavy atom. The number of hydrogen-bond acceptors (Lipinski definition) is 3. The second kappa shape index (κ2) is 8.54. The molecule has 0 aromatic heterocycles. The predicted molar refractivity (Wildman–Crippen MR) is 46.7 cm³/mol. The van der Waals surface area contributed by atoms with E-state index >= 15 is 0 Å². The highest BCUT2D eigenvalue weighted by Crippen LogP contribution is 1.92. The van der Waals surface area contributed by atoms with Gasteiger partial charge in [-0.2, -0.15) is 0 Å². The molecule has 0 saturated heterocycles. The van der Waals surface area contributed by atoms with E-state index in [1.807, 2.05) is 13.8 Å². The molecule has 0 aromatic carbocycles. The summed E-state index contributed by atoms with van der Waals surface area (Å²) in [5, 5.41) is 0. The van der Waals surface area contributed by atoms with Gasteiger partial charge in [0.05, 0.1) is 13.2 Å². The van der Waals surface area contributed by atoms with Gasteiger partial charge in [-0.05, 0) is 13.8 Å². The lowest BCUT2D eigenvalue weighted by Gasteiger charge is -2.11. The first kappa shape index (κ1) is 11.4. The third-order valence-electron chi connectivity index (χ3n) is 1.17. The third kappa shape index (κ3) is 7.55. The topological polar surface area (TPSA) is 27.7 Å². The minimum absolute atomic E-state index is 0.163. The van der Waals surface area contributed by atoms with E-state index in [1.54, 1.807) is 0 Å². The van der Waals surface area contributed by atoms with Crippen molar-refractivity contribution in [1.82, 2.24) is 0 Å². The van der Waals surface area contributed by atoms with Crippen LogP contribution < -0.4 is 0 Å². The fraction of sp³-hybridized carbons (Fsp3) is 0.778. The molecule has 0 aliphatic carbocycles. The number of terminal acetylenes is 1. The highest BCUT2D eigenvalue weighted by molar-refractivity contribution is 4.82. The number of ether oxygens (including phenoxy) is 3. The van der Waals surface area contributed by atoms with E-state index in [1.165, 1.54) is 0 Å². The normalized spacial score (nSPS) is 12.4. The van der Waals surface area contributed by atoms with Crippen molar-refractivity contribution in [2.75, 3.05) is 26.4 Å². The summed E-state index contributed by atoms with van der Waals surface area (Å²) >= 11 is 0. The maximum Gasteiger partial charge on any atom is 0.154 e. The quantitative estimate of drug-likeness (QED) is 0.326. The standard InChI is InChI=1S/C9H16O3/c1-4-6-10-7-8-12-9(3)11-5-2/h1,9H,5-8H2,2-3H3. The van der Waals surface area contributed by atoms with E-state index in [-0.39, 0.29) is 6.29 Å². The van der Waals surface area contributed by atoms with Crippen molar-refractivity contribution in [3.05, 3.63) is 0 Å². The Balaban J connectivity index is 3.04. The zero-order valence-electron chi connectivity index (χ0n) is 7.71. The molecule has 0 amide bonds. The van der Waals surface area contributed by atoms with Gasteiger partial charge in [-0.1, -0.05) is 5.92 Å². The molecule has 3 heteroatoms. The molecule has 0 aliphatic rings. The average molecular weight is 172 g/mol. The SMILES string of the molecule is C#CCOCCOC(C)OCC. The molecule has 0 saturated carbocycles. The molecule has 70 valence electrons. The Morgan fingerprint density at radius 1 is 1.33 bits per heavy atom. The van der Waals surface area contributed by atoms with Crippen LogP contribution in [0.15, 0.2) is 0 Å². The lowest BCUT2D eigenvalue weighted by molar-refractivity contribution is -0.135. The smallest absolute Gasteiger partial charge is 0.154 e. The second-order valence-electron chi connectivity index (χ2n) is 2.15. The van der Waals surface area contributed by atoms with Crippen LogP contribution in [0.2, 0.25) is 0 Å². The highest BCUT2D eigenvalue weighted by Gasteiger charge is 1.98. The molecule has 1 unspecified atom stereocenters. The van der Waals surface area contributed by atoms with E-state index in [4.69, 9.17) is 20.6 Å². The van der Waals surface area contributed by atoms with Crippen LogP contribution in [-0.2, 0) is 14.2 Å². The minimum Gasteiger partial charge on any atom is -0.366 e. The van der Waals surface area contributed by atoms with Crippen LogP contribution >= 0.6 is 0 Å². The average Bonchev–Trinajstić information content (AvgIpc) is 2.05. The van der Waals surface area contributed by atoms with E-state index in [0.29, 0.717) is 26.4 Å². The Bertz CT molecular complexity index is 128. The van der Waals surface area contributed by atoms with Crippen molar-refractivity contribution in [1.29, 1.82) is 0 Å². The zero-order valence-corrected chi connectivity index (χ0v) is 7.71. The van der Waals surface area contributed by atoms with Crippen LogP contribution in [0.3, 0.4) is 0 Å². The van der Waals surface area contributed by atoms with Crippen molar-refractivity contribution < 1.29 is 14.2 Å². The Hall–Kier alpha value is -0.560. The molecule has 0 fully saturated rings. The maximum absolute atomic E-state index is 5.21. The van der Waals surface area contributed by atoms with Gasteiger partial charge in [-0.25, -0.2) is 0 Å². The Morgan fingerprint density at radius 3 is 2.67 bits per heavy atom. The van der Waals surface area contributed by atoms with Crippen LogP contribution in [0, 0.1) is 12.3 Å². The second-order valence-corrected chi connectivity index (χ2v) is 2.15. The summed E-state index contributed by atoms with van der Waals surface area (Å²) in [5.74, 6) is 2.37. The molecule has 0 N–H and O–H groups in total. The first-order chi connectivity index (χ1) is 5.81. The van der Waals surface area contributed by atoms with Crippen molar-refractivity contribution in [2.45, 2.75) is 20.1 Å². The minimum atomic E-state index is -0.163. The van der Waals surface area contributed by atoms with Crippen LogP contribution in [0.5, 0.6) is 0 Å². The van der Waals surface area contributed by atoms with Gasteiger partial charge < -0.3 is 14.2 Å². The summed E-state index contributed by atoms with van der Waals surface area (Å²) in [6, 6.07) is 0. The maximum atomic E-state index is 5.21. The Labute approximate surface area is 74.0 Å². The van der Waals surface area contributed by atoms with E-state index in [2.05, 4.69) is 5.92 Å². The van der Waals surface area contributed by atoms with Crippen LogP contribution in [-0.4, -0.2) is 32.7 Å². The molecule has 12 heavy (non-hydrogen) atoms. The summed E-state index contributed by atoms with van der Waals surface area (Å²) in [7, 11) is 0. The van der Waals surface area contributed by atoms with E-state index in [9.17, 15) is 0 Å². The van der Waals surface area contributed by atoms with Gasteiger partial charge in [0.25, 0.3) is 0 Å². The summed E-state index contributed by atoms with van der Waals surface area (Å²) in [4.78, 5) is 0. The largest absolute Gasteiger partial charge is 0.366 e. The monoisotopic (exact) mass is 172 g/mol. The van der Waals surface area contributed by atoms with Gasteiger partial charge in [-0.15, -0.1) is 6.42 Å². The Kier molecular flexibility index (Phi) is 8.14. The van der Waals surface area contributed by atoms with Crippen LogP contribution in [0.1, 0.15) is 13.8 Å². The van der Waals surface area contributed by atoms with E-state index in [0.717, 1.165) is 0 Å². The fourth-order valence-corrected chi connectivity index (χ4v) is 0.687. The van der Waals surface area contributed by atoms with Gasteiger partial charge >= 0.3 is 0 Å². The van der Waals surface area contributed by atoms with Gasteiger partial charge in [0.1, 0.15) is 6.61 Å². The van der Waals surface area contributed by atoms with Gasteiger partial charge in [0.15, 0.2) is 6.29 Å². The van der Waals surface area contributed by atoms with Gasteiger partial charge in [-0.3, -0.25) is 0 Å². The predicted octanol–water partition coefficient (Wildman–Crippen LogP) is 1.04. The molecule has 0 aliphatic heterocycles. The fourth-order valence-electron chi connectivity index (χ4n) is 0.687. The van der Waals surface area contributed by atoms with Crippen molar-refractivity contribution in [3.8, 4) is 12.3 Å². The number of hydrogen-bond donors (Lipinski definition) is 0. The summed E-state index contributed by atoms with van der Waals surface area (Å²) in [5.41, 5.74) is 0. The summed E-state index contributed by atoms with van der Waals surface area (Å²) in [6.07, 6.45) is 4.82. The third-order valence-corrected chi connectivity index (χ3v) is 1.17. The lowest BCUT2D eigenvalue weighted by atomic mass is 10.7. The van der Waals surface area contributed by atoms with Crippen LogP contribution in [0.25, 0.3) is 0 Å². The number of rotatable bonds is 7. The van der Waals surface area contributed by atoms with Crippen molar-refractivity contribution >= 4 is 0 Å². The molecule has 0 spiro atoms. The van der Waals surface area contributed by atoms with Crippen LogP contribution in [0.4, 0.5) is 0 Å².